The maximum absolute atomic E-state index is 5.44. The Hall–Kier alpha value is -2.20. The van der Waals surface area contributed by atoms with E-state index in [0.29, 0.717) is 17.2 Å². The molecule has 2 aromatic carbocycles. The van der Waals surface area contributed by atoms with Crippen LogP contribution in [0.2, 0.25) is 0 Å². The second-order valence-corrected chi connectivity index (χ2v) is 6.63. The van der Waals surface area contributed by atoms with Gasteiger partial charge >= 0.3 is 0 Å². The highest BCUT2D eigenvalue weighted by molar-refractivity contribution is 5.54. The lowest BCUT2D eigenvalue weighted by molar-refractivity contribution is 0.308. The van der Waals surface area contributed by atoms with Crippen LogP contribution in [-0.2, 0) is 19.3 Å². The lowest BCUT2D eigenvalue weighted by atomic mass is 10.0. The molecule has 0 unspecified atom stereocenters. The molecule has 27 heavy (non-hydrogen) atoms. The van der Waals surface area contributed by atoms with Gasteiger partial charge in [-0.15, -0.1) is 0 Å². The normalized spacial score (nSPS) is 10.9. The Labute approximate surface area is 164 Å². The molecule has 0 N–H and O–H groups in total. The van der Waals surface area contributed by atoms with Crippen LogP contribution in [0.1, 0.15) is 30.5 Å². The lowest BCUT2D eigenvalue weighted by Crippen LogP contribution is -2.25. The molecule has 148 valence electrons. The molecular formula is C23H33NO3. The molecule has 0 amide bonds. The van der Waals surface area contributed by atoms with Gasteiger partial charge in [0.2, 0.25) is 5.75 Å². The highest BCUT2D eigenvalue weighted by Crippen LogP contribution is 2.38. The van der Waals surface area contributed by atoms with Crippen LogP contribution in [-0.4, -0.2) is 45.9 Å². The topological polar surface area (TPSA) is 30.9 Å². The molecule has 0 aliphatic heterocycles. The summed E-state index contributed by atoms with van der Waals surface area (Å²) in [6.45, 7) is 7.79. The van der Waals surface area contributed by atoms with E-state index in [4.69, 9.17) is 14.2 Å². The van der Waals surface area contributed by atoms with Gasteiger partial charge in [-0.3, -0.25) is 0 Å². The minimum atomic E-state index is 0.640. The van der Waals surface area contributed by atoms with Crippen LogP contribution >= 0.6 is 0 Å². The summed E-state index contributed by atoms with van der Waals surface area (Å²) in [5.74, 6) is 2.05. The van der Waals surface area contributed by atoms with Crippen molar-refractivity contribution in [2.24, 2.45) is 0 Å². The zero-order valence-electron chi connectivity index (χ0n) is 17.4. The second-order valence-electron chi connectivity index (χ2n) is 6.63. The monoisotopic (exact) mass is 371 g/mol. The molecule has 0 spiro atoms. The van der Waals surface area contributed by atoms with Gasteiger partial charge in [-0.1, -0.05) is 38.1 Å². The number of benzene rings is 2. The predicted octanol–water partition coefficient (Wildman–Crippen LogP) is 4.38. The van der Waals surface area contributed by atoms with Crippen LogP contribution in [0, 0.1) is 0 Å². The molecule has 2 rings (SSSR count). The third-order valence-electron chi connectivity index (χ3n) is 5.06. The summed E-state index contributed by atoms with van der Waals surface area (Å²) < 4.78 is 16.3. The molecule has 4 nitrogen and oxygen atoms in total. The maximum Gasteiger partial charge on any atom is 0.203 e. The molecule has 0 aliphatic carbocycles. The van der Waals surface area contributed by atoms with Crippen molar-refractivity contribution in [1.82, 2.24) is 4.90 Å². The molecule has 0 bridgehead atoms. The van der Waals surface area contributed by atoms with Gasteiger partial charge in [-0.05, 0) is 61.2 Å². The Balaban J connectivity index is 1.98. The van der Waals surface area contributed by atoms with Crippen molar-refractivity contribution in [3.63, 3.8) is 0 Å². The summed E-state index contributed by atoms with van der Waals surface area (Å²) in [5, 5.41) is 0. The van der Waals surface area contributed by atoms with E-state index in [9.17, 15) is 0 Å². The highest BCUT2D eigenvalue weighted by Gasteiger charge is 2.13. The first-order valence-electron chi connectivity index (χ1n) is 9.74. The molecule has 0 atom stereocenters. The van der Waals surface area contributed by atoms with Crippen LogP contribution in [0.3, 0.4) is 0 Å². The van der Waals surface area contributed by atoms with Crippen molar-refractivity contribution in [1.29, 1.82) is 0 Å². The molecule has 0 radical (unpaired) electrons. The van der Waals surface area contributed by atoms with E-state index in [1.54, 1.807) is 21.3 Å². The van der Waals surface area contributed by atoms with Crippen molar-refractivity contribution >= 4 is 0 Å². The van der Waals surface area contributed by atoms with Crippen molar-refractivity contribution in [2.45, 2.75) is 33.1 Å². The smallest absolute Gasteiger partial charge is 0.203 e. The molecule has 2 aromatic rings. The average Bonchev–Trinajstić information content (AvgIpc) is 2.72. The van der Waals surface area contributed by atoms with Gasteiger partial charge in [0.25, 0.3) is 0 Å². The highest BCUT2D eigenvalue weighted by atomic mass is 16.5. The number of likely N-dealkylation sites (N-methyl/N-ethyl adjacent to an activating group) is 1. The van der Waals surface area contributed by atoms with E-state index in [2.05, 4.69) is 43.0 Å². The number of methoxy groups -OCH3 is 3. The van der Waals surface area contributed by atoms with E-state index in [0.717, 1.165) is 38.9 Å². The van der Waals surface area contributed by atoms with Gasteiger partial charge in [0.15, 0.2) is 11.5 Å². The predicted molar refractivity (Wildman–Crippen MR) is 111 cm³/mol. The van der Waals surface area contributed by atoms with Gasteiger partial charge in [0, 0.05) is 6.54 Å². The number of ether oxygens (including phenoxy) is 3. The third kappa shape index (κ3) is 5.90. The molecule has 0 aromatic heterocycles. The number of aryl methyl sites for hydroxylation is 2. The fraction of sp³-hybridized carbons (Fsp3) is 0.478. The Morgan fingerprint density at radius 2 is 1.15 bits per heavy atom. The molecular weight excluding hydrogens is 338 g/mol. The van der Waals surface area contributed by atoms with E-state index in [1.165, 1.54) is 16.7 Å². The quantitative estimate of drug-likeness (QED) is 0.586. The zero-order valence-corrected chi connectivity index (χ0v) is 17.4. The summed E-state index contributed by atoms with van der Waals surface area (Å²) in [4.78, 5) is 2.46. The summed E-state index contributed by atoms with van der Waals surface area (Å²) in [6, 6.07) is 13.1. The zero-order chi connectivity index (χ0) is 19.6. The molecule has 4 heteroatoms. The summed E-state index contributed by atoms with van der Waals surface area (Å²) in [7, 11) is 4.93. The Kier molecular flexibility index (Phi) is 8.46. The first-order valence-corrected chi connectivity index (χ1v) is 9.74. The molecule has 0 fully saturated rings. The molecule has 0 heterocycles. The van der Waals surface area contributed by atoms with Crippen molar-refractivity contribution in [3.8, 4) is 17.2 Å². The Morgan fingerprint density at radius 1 is 0.667 bits per heavy atom. The SMILES string of the molecule is CCN(CC)CCc1ccc(CCc2cc(OC)c(OC)c(OC)c2)cc1. The fourth-order valence-electron chi connectivity index (χ4n) is 3.27. The van der Waals surface area contributed by atoms with Gasteiger partial charge < -0.3 is 19.1 Å². The van der Waals surface area contributed by atoms with E-state index in [-0.39, 0.29) is 0 Å². The van der Waals surface area contributed by atoms with Crippen molar-refractivity contribution in [3.05, 3.63) is 53.1 Å². The van der Waals surface area contributed by atoms with Gasteiger partial charge in [0.05, 0.1) is 21.3 Å². The summed E-state index contributed by atoms with van der Waals surface area (Å²) >= 11 is 0. The Bertz CT molecular complexity index is 668. The minimum absolute atomic E-state index is 0.640. The van der Waals surface area contributed by atoms with E-state index >= 15 is 0 Å². The van der Waals surface area contributed by atoms with Crippen LogP contribution in [0.4, 0.5) is 0 Å². The maximum atomic E-state index is 5.44. The summed E-state index contributed by atoms with van der Waals surface area (Å²) in [5.41, 5.74) is 3.92. The van der Waals surface area contributed by atoms with Gasteiger partial charge in [-0.2, -0.15) is 0 Å². The molecule has 0 saturated carbocycles. The van der Waals surface area contributed by atoms with Crippen LogP contribution in [0.15, 0.2) is 36.4 Å². The standard InChI is InChI=1S/C23H33NO3/c1-6-24(7-2)15-14-19-10-8-18(9-11-19)12-13-20-16-21(25-3)23(27-5)22(17-20)26-4/h8-11,16-17H,6-7,12-15H2,1-5H3. The summed E-state index contributed by atoms with van der Waals surface area (Å²) in [6.07, 6.45) is 3.01. The molecule has 0 saturated heterocycles. The third-order valence-corrected chi connectivity index (χ3v) is 5.06. The number of nitrogens with zero attached hydrogens (tertiary/aromatic N) is 1. The minimum Gasteiger partial charge on any atom is -0.493 e. The first kappa shape index (κ1) is 21.1. The van der Waals surface area contributed by atoms with Gasteiger partial charge in [-0.25, -0.2) is 0 Å². The largest absolute Gasteiger partial charge is 0.493 e. The van der Waals surface area contributed by atoms with Crippen molar-refractivity contribution in [2.75, 3.05) is 41.0 Å². The van der Waals surface area contributed by atoms with Crippen LogP contribution in [0.25, 0.3) is 0 Å². The van der Waals surface area contributed by atoms with E-state index in [1.807, 2.05) is 12.1 Å². The second kappa shape index (κ2) is 10.8. The Morgan fingerprint density at radius 3 is 1.59 bits per heavy atom. The number of hydrogen-bond acceptors (Lipinski definition) is 4. The van der Waals surface area contributed by atoms with Crippen LogP contribution < -0.4 is 14.2 Å². The lowest BCUT2D eigenvalue weighted by Gasteiger charge is -2.17. The fourth-order valence-corrected chi connectivity index (χ4v) is 3.27. The van der Waals surface area contributed by atoms with E-state index < -0.39 is 0 Å². The number of rotatable bonds is 11. The first-order chi connectivity index (χ1) is 13.1. The van der Waals surface area contributed by atoms with Crippen molar-refractivity contribution < 1.29 is 14.2 Å². The van der Waals surface area contributed by atoms with Crippen LogP contribution in [0.5, 0.6) is 17.2 Å². The average molecular weight is 372 g/mol. The number of hydrogen-bond donors (Lipinski definition) is 0. The molecule has 0 aliphatic rings. The van der Waals surface area contributed by atoms with Gasteiger partial charge in [0.1, 0.15) is 0 Å².